The van der Waals surface area contributed by atoms with Crippen LogP contribution in [0.1, 0.15) is 28.2 Å². The van der Waals surface area contributed by atoms with Crippen LogP contribution in [0.4, 0.5) is 5.69 Å². The Bertz CT molecular complexity index is 1160. The van der Waals surface area contributed by atoms with Crippen LogP contribution in [0.5, 0.6) is 11.5 Å². The summed E-state index contributed by atoms with van der Waals surface area (Å²) in [6.45, 7) is 4.40. The summed E-state index contributed by atoms with van der Waals surface area (Å²) in [7, 11) is 1.63. The fourth-order valence-electron chi connectivity index (χ4n) is 4.36. The van der Waals surface area contributed by atoms with Gasteiger partial charge in [-0.05, 0) is 50.2 Å². The Morgan fingerprint density at radius 3 is 2.73 bits per heavy atom. The van der Waals surface area contributed by atoms with E-state index in [-0.39, 0.29) is 5.91 Å². The van der Waals surface area contributed by atoms with Crippen molar-refractivity contribution in [2.45, 2.75) is 19.3 Å². The zero-order chi connectivity index (χ0) is 22.8. The molecule has 0 atom stereocenters. The molecule has 0 unspecified atom stereocenters. The molecule has 1 amide bonds. The average molecular weight is 484 g/mol. The van der Waals surface area contributed by atoms with E-state index in [1.165, 1.54) is 24.2 Å². The Hall–Kier alpha value is -2.61. The van der Waals surface area contributed by atoms with Gasteiger partial charge < -0.3 is 14.4 Å². The van der Waals surface area contributed by atoms with Crippen LogP contribution in [-0.4, -0.2) is 55.7 Å². The molecule has 172 valence electrons. The van der Waals surface area contributed by atoms with Crippen molar-refractivity contribution in [1.82, 2.24) is 9.88 Å². The van der Waals surface area contributed by atoms with E-state index in [1.54, 1.807) is 12.0 Å². The van der Waals surface area contributed by atoms with Gasteiger partial charge in [0.05, 0.1) is 12.8 Å². The Kier molecular flexibility index (Phi) is 6.53. The fourth-order valence-corrected chi connectivity index (χ4v) is 5.60. The lowest BCUT2D eigenvalue weighted by Gasteiger charge is -2.26. The maximum Gasteiger partial charge on any atom is 0.270 e. The Balaban J connectivity index is 1.32. The zero-order valence-corrected chi connectivity index (χ0v) is 20.1. The molecule has 0 radical (unpaired) electrons. The van der Waals surface area contributed by atoms with E-state index in [1.807, 2.05) is 42.5 Å². The van der Waals surface area contributed by atoms with Gasteiger partial charge in [0, 0.05) is 41.9 Å². The highest BCUT2D eigenvalue weighted by Crippen LogP contribution is 2.37. The van der Waals surface area contributed by atoms with E-state index in [9.17, 15) is 4.79 Å². The Morgan fingerprint density at radius 1 is 1.09 bits per heavy atom. The lowest BCUT2D eigenvalue weighted by atomic mass is 10.1. The van der Waals surface area contributed by atoms with Crippen molar-refractivity contribution >= 4 is 34.5 Å². The van der Waals surface area contributed by atoms with Crippen LogP contribution < -0.4 is 14.4 Å². The van der Waals surface area contributed by atoms with Crippen LogP contribution in [0.15, 0.2) is 42.5 Å². The van der Waals surface area contributed by atoms with Gasteiger partial charge in [0.2, 0.25) is 0 Å². The molecule has 1 aromatic heterocycles. The van der Waals surface area contributed by atoms with Crippen molar-refractivity contribution in [2.75, 3.05) is 44.8 Å². The van der Waals surface area contributed by atoms with Crippen molar-refractivity contribution < 1.29 is 14.3 Å². The maximum absolute atomic E-state index is 13.3. The van der Waals surface area contributed by atoms with Crippen molar-refractivity contribution in [3.8, 4) is 22.1 Å². The van der Waals surface area contributed by atoms with Gasteiger partial charge in [-0.2, -0.15) is 0 Å². The second-order valence-corrected chi connectivity index (χ2v) is 9.68. The third kappa shape index (κ3) is 4.71. The number of ether oxygens (including phenoxy) is 2. The fraction of sp³-hybridized carbons (Fsp3) is 0.360. The molecule has 33 heavy (non-hydrogen) atoms. The molecular weight excluding hydrogens is 458 g/mol. The number of carbonyl (C=O) groups excluding carboxylic acids is 1. The minimum Gasteiger partial charge on any atom is -0.493 e. The smallest absolute Gasteiger partial charge is 0.270 e. The molecular formula is C25H26ClN3O3S. The summed E-state index contributed by atoms with van der Waals surface area (Å²) in [6.07, 6.45) is 3.24. The van der Waals surface area contributed by atoms with E-state index in [0.717, 1.165) is 41.6 Å². The number of nitrogens with zero attached hydrogens (tertiary/aromatic N) is 3. The van der Waals surface area contributed by atoms with Crippen LogP contribution in [0.2, 0.25) is 5.02 Å². The molecule has 2 aliphatic rings. The van der Waals surface area contributed by atoms with Crippen LogP contribution >= 0.6 is 22.9 Å². The van der Waals surface area contributed by atoms with E-state index in [2.05, 4.69) is 4.90 Å². The van der Waals surface area contributed by atoms with Crippen molar-refractivity contribution in [2.24, 2.45) is 0 Å². The summed E-state index contributed by atoms with van der Waals surface area (Å²) in [4.78, 5) is 22.9. The number of aromatic nitrogens is 1. The first-order valence-corrected chi connectivity index (χ1v) is 12.4. The number of rotatable bonds is 7. The number of likely N-dealkylation sites (tertiary alicyclic amines) is 1. The number of halogens is 1. The molecule has 2 aliphatic heterocycles. The van der Waals surface area contributed by atoms with Crippen LogP contribution in [0.3, 0.4) is 0 Å². The van der Waals surface area contributed by atoms with Crippen LogP contribution in [0, 0.1) is 0 Å². The number of hydrogen-bond acceptors (Lipinski definition) is 6. The minimum atomic E-state index is -0.0354. The summed E-state index contributed by atoms with van der Waals surface area (Å²) in [5.74, 6) is 1.30. The first-order chi connectivity index (χ1) is 16.1. The largest absolute Gasteiger partial charge is 0.493 e. The molecule has 0 aliphatic carbocycles. The number of amides is 1. The topological polar surface area (TPSA) is 54.9 Å². The standard InChI is InChI=1S/C25H26ClN3O3S/c1-31-22-16-19(7-8-21(22)32-14-13-28-10-2-3-11-28)29-12-9-20-23(25(29)30)33-24(27-20)17-5-4-6-18(26)15-17/h4-8,15-16H,2-3,9-14H2,1H3. The summed E-state index contributed by atoms with van der Waals surface area (Å²) >= 11 is 7.55. The lowest BCUT2D eigenvalue weighted by molar-refractivity contribution is 0.0984. The Morgan fingerprint density at radius 2 is 1.94 bits per heavy atom. The van der Waals surface area contributed by atoms with Crippen molar-refractivity contribution in [1.29, 1.82) is 0 Å². The van der Waals surface area contributed by atoms with Gasteiger partial charge in [-0.3, -0.25) is 9.69 Å². The summed E-state index contributed by atoms with van der Waals surface area (Å²) in [5.41, 5.74) is 2.58. The first kappa shape index (κ1) is 22.2. The third-order valence-electron chi connectivity index (χ3n) is 6.10. The van der Waals surface area contributed by atoms with E-state index < -0.39 is 0 Å². The molecule has 0 saturated carbocycles. The zero-order valence-electron chi connectivity index (χ0n) is 18.6. The van der Waals surface area contributed by atoms with Gasteiger partial charge in [0.15, 0.2) is 11.5 Å². The average Bonchev–Trinajstić information content (AvgIpc) is 3.50. The van der Waals surface area contributed by atoms with Gasteiger partial charge in [0.1, 0.15) is 16.5 Å². The van der Waals surface area contributed by atoms with Crippen molar-refractivity contribution in [3.05, 3.63) is 58.1 Å². The molecule has 0 bridgehead atoms. The SMILES string of the molecule is COc1cc(N2CCc3nc(-c4cccc(Cl)c4)sc3C2=O)ccc1OCCN1CCCC1. The molecule has 5 rings (SSSR count). The van der Waals surface area contributed by atoms with Crippen LogP contribution in [-0.2, 0) is 6.42 Å². The summed E-state index contributed by atoms with van der Waals surface area (Å²) in [6, 6.07) is 13.3. The third-order valence-corrected chi connectivity index (χ3v) is 7.47. The number of hydrogen-bond donors (Lipinski definition) is 0. The van der Waals surface area contributed by atoms with Gasteiger partial charge in [-0.25, -0.2) is 4.98 Å². The predicted molar refractivity (Wildman–Crippen MR) is 132 cm³/mol. The van der Waals surface area contributed by atoms with Gasteiger partial charge in [0.25, 0.3) is 5.91 Å². The molecule has 8 heteroatoms. The highest BCUT2D eigenvalue weighted by Gasteiger charge is 2.30. The lowest BCUT2D eigenvalue weighted by Crippen LogP contribution is -2.36. The molecule has 3 heterocycles. The van der Waals surface area contributed by atoms with Crippen molar-refractivity contribution in [3.63, 3.8) is 0 Å². The highest BCUT2D eigenvalue weighted by atomic mass is 35.5. The van der Waals surface area contributed by atoms with Gasteiger partial charge >= 0.3 is 0 Å². The monoisotopic (exact) mass is 483 g/mol. The van der Waals surface area contributed by atoms with Gasteiger partial charge in [-0.1, -0.05) is 23.7 Å². The molecule has 0 N–H and O–H groups in total. The number of thiazole rings is 1. The van der Waals surface area contributed by atoms with E-state index in [4.69, 9.17) is 26.1 Å². The van der Waals surface area contributed by atoms with Gasteiger partial charge in [-0.15, -0.1) is 11.3 Å². The molecule has 6 nitrogen and oxygen atoms in total. The number of anilines is 1. The molecule has 3 aromatic rings. The van der Waals surface area contributed by atoms with Crippen LogP contribution in [0.25, 0.3) is 10.6 Å². The number of fused-ring (bicyclic) bond motifs is 1. The minimum absolute atomic E-state index is 0.0354. The normalized spacial score (nSPS) is 16.2. The highest BCUT2D eigenvalue weighted by molar-refractivity contribution is 7.17. The first-order valence-electron chi connectivity index (χ1n) is 11.2. The Labute approximate surface area is 202 Å². The number of methoxy groups -OCH3 is 1. The quantitative estimate of drug-likeness (QED) is 0.465. The second kappa shape index (κ2) is 9.71. The summed E-state index contributed by atoms with van der Waals surface area (Å²) < 4.78 is 11.6. The number of carbonyl (C=O) groups is 1. The van der Waals surface area contributed by atoms with E-state index >= 15 is 0 Å². The molecule has 0 spiro atoms. The predicted octanol–water partition coefficient (Wildman–Crippen LogP) is 5.15. The summed E-state index contributed by atoms with van der Waals surface area (Å²) in [5, 5.41) is 1.47. The molecule has 2 aromatic carbocycles. The van der Waals surface area contributed by atoms with E-state index in [0.29, 0.717) is 41.0 Å². The molecule has 1 fully saturated rings. The molecule has 1 saturated heterocycles. The second-order valence-electron chi connectivity index (χ2n) is 8.24. The number of benzene rings is 2. The maximum atomic E-state index is 13.3.